The van der Waals surface area contributed by atoms with E-state index in [0.29, 0.717) is 12.8 Å². The molecule has 5 nitrogen and oxygen atoms in total. The van der Waals surface area contributed by atoms with Crippen LogP contribution < -0.4 is 11.1 Å². The highest BCUT2D eigenvalue weighted by Crippen LogP contribution is 2.18. The standard InChI is InChI=1S/C15H22N2O3/c1-2-6-12(16)15(20)17-13(9-10-14(18)19)11-7-4-3-5-8-11/h3-5,7-8,12-13H,2,6,9-10,16H2,1H3,(H,17,20)(H,18,19). The van der Waals surface area contributed by atoms with E-state index in [9.17, 15) is 9.59 Å². The molecule has 0 spiro atoms. The summed E-state index contributed by atoms with van der Waals surface area (Å²) in [5, 5.41) is 11.6. The molecule has 1 aromatic carbocycles. The van der Waals surface area contributed by atoms with E-state index in [0.717, 1.165) is 12.0 Å². The van der Waals surface area contributed by atoms with Crippen molar-refractivity contribution in [1.82, 2.24) is 5.32 Å². The maximum Gasteiger partial charge on any atom is 0.303 e. The molecule has 0 saturated carbocycles. The molecule has 1 amide bonds. The molecule has 0 bridgehead atoms. The van der Waals surface area contributed by atoms with Crippen LogP contribution in [-0.2, 0) is 9.59 Å². The zero-order valence-electron chi connectivity index (χ0n) is 11.7. The summed E-state index contributed by atoms with van der Waals surface area (Å²) >= 11 is 0. The molecule has 0 saturated heterocycles. The molecule has 20 heavy (non-hydrogen) atoms. The smallest absolute Gasteiger partial charge is 0.303 e. The van der Waals surface area contributed by atoms with Crippen molar-refractivity contribution in [3.8, 4) is 0 Å². The third kappa shape index (κ3) is 5.40. The minimum Gasteiger partial charge on any atom is -0.481 e. The Hall–Kier alpha value is -1.88. The predicted molar refractivity (Wildman–Crippen MR) is 77.1 cm³/mol. The molecule has 5 heteroatoms. The van der Waals surface area contributed by atoms with Crippen molar-refractivity contribution in [3.05, 3.63) is 35.9 Å². The minimum atomic E-state index is -0.877. The second-order valence-electron chi connectivity index (χ2n) is 4.80. The van der Waals surface area contributed by atoms with E-state index in [1.54, 1.807) is 0 Å². The summed E-state index contributed by atoms with van der Waals surface area (Å²) < 4.78 is 0. The molecule has 0 aliphatic heterocycles. The van der Waals surface area contributed by atoms with Gasteiger partial charge < -0.3 is 16.2 Å². The lowest BCUT2D eigenvalue weighted by Crippen LogP contribution is -2.42. The van der Waals surface area contributed by atoms with Crippen LogP contribution in [0.2, 0.25) is 0 Å². The molecule has 110 valence electrons. The van der Waals surface area contributed by atoms with Gasteiger partial charge in [-0.3, -0.25) is 9.59 Å². The summed E-state index contributed by atoms with van der Waals surface area (Å²) in [5.41, 5.74) is 6.68. The summed E-state index contributed by atoms with van der Waals surface area (Å²) in [6.45, 7) is 1.96. The lowest BCUT2D eigenvalue weighted by molar-refractivity contribution is -0.137. The molecule has 0 radical (unpaired) electrons. The largest absolute Gasteiger partial charge is 0.481 e. The van der Waals surface area contributed by atoms with Gasteiger partial charge in [0.25, 0.3) is 0 Å². The van der Waals surface area contributed by atoms with Crippen molar-refractivity contribution in [1.29, 1.82) is 0 Å². The topological polar surface area (TPSA) is 92.4 Å². The average molecular weight is 278 g/mol. The summed E-state index contributed by atoms with van der Waals surface area (Å²) in [5.74, 6) is -1.11. The number of aliphatic carboxylic acids is 1. The Labute approximate surface area is 119 Å². The van der Waals surface area contributed by atoms with Crippen LogP contribution in [-0.4, -0.2) is 23.0 Å². The fourth-order valence-corrected chi connectivity index (χ4v) is 2.00. The van der Waals surface area contributed by atoms with Crippen LogP contribution >= 0.6 is 0 Å². The van der Waals surface area contributed by atoms with E-state index in [-0.39, 0.29) is 18.4 Å². The van der Waals surface area contributed by atoms with Crippen molar-refractivity contribution in [3.63, 3.8) is 0 Å². The number of hydrogen-bond acceptors (Lipinski definition) is 3. The maximum atomic E-state index is 12.0. The van der Waals surface area contributed by atoms with E-state index >= 15 is 0 Å². The molecule has 0 aliphatic rings. The highest BCUT2D eigenvalue weighted by Gasteiger charge is 2.19. The van der Waals surface area contributed by atoms with Crippen molar-refractivity contribution >= 4 is 11.9 Å². The molecule has 1 aromatic rings. The van der Waals surface area contributed by atoms with Crippen LogP contribution in [0.1, 0.15) is 44.2 Å². The van der Waals surface area contributed by atoms with Gasteiger partial charge >= 0.3 is 5.97 Å². The Morgan fingerprint density at radius 1 is 1.25 bits per heavy atom. The van der Waals surface area contributed by atoms with E-state index in [1.807, 2.05) is 37.3 Å². The van der Waals surface area contributed by atoms with Gasteiger partial charge in [-0.1, -0.05) is 43.7 Å². The zero-order valence-corrected chi connectivity index (χ0v) is 11.7. The molecular formula is C15H22N2O3. The Morgan fingerprint density at radius 2 is 1.90 bits per heavy atom. The lowest BCUT2D eigenvalue weighted by Gasteiger charge is -2.21. The fourth-order valence-electron chi connectivity index (χ4n) is 2.00. The molecule has 0 aromatic heterocycles. The maximum absolute atomic E-state index is 12.0. The van der Waals surface area contributed by atoms with Gasteiger partial charge in [-0.05, 0) is 18.4 Å². The second kappa shape index (κ2) is 8.32. The molecule has 0 aliphatic carbocycles. The normalized spacial score (nSPS) is 13.5. The van der Waals surface area contributed by atoms with E-state index < -0.39 is 12.0 Å². The number of benzene rings is 1. The zero-order chi connectivity index (χ0) is 15.0. The number of carbonyl (C=O) groups excluding carboxylic acids is 1. The second-order valence-corrected chi connectivity index (χ2v) is 4.80. The van der Waals surface area contributed by atoms with Gasteiger partial charge in [0, 0.05) is 6.42 Å². The molecule has 0 fully saturated rings. The van der Waals surface area contributed by atoms with Crippen LogP contribution in [0.3, 0.4) is 0 Å². The first kappa shape index (κ1) is 16.2. The van der Waals surface area contributed by atoms with E-state index in [2.05, 4.69) is 5.32 Å². The van der Waals surface area contributed by atoms with Crippen molar-refractivity contribution in [2.75, 3.05) is 0 Å². The fraction of sp³-hybridized carbons (Fsp3) is 0.467. The molecule has 1 rings (SSSR count). The first-order valence-electron chi connectivity index (χ1n) is 6.87. The van der Waals surface area contributed by atoms with Gasteiger partial charge in [-0.25, -0.2) is 0 Å². The van der Waals surface area contributed by atoms with Gasteiger partial charge in [-0.2, -0.15) is 0 Å². The van der Waals surface area contributed by atoms with Gasteiger partial charge in [0.1, 0.15) is 0 Å². The number of carbonyl (C=O) groups is 2. The Morgan fingerprint density at radius 3 is 2.45 bits per heavy atom. The third-order valence-electron chi connectivity index (χ3n) is 3.10. The first-order chi connectivity index (χ1) is 9.54. The van der Waals surface area contributed by atoms with Crippen molar-refractivity contribution in [2.45, 2.75) is 44.7 Å². The number of carboxylic acid groups (broad SMARTS) is 1. The number of carboxylic acids is 1. The van der Waals surface area contributed by atoms with Crippen LogP contribution in [0.5, 0.6) is 0 Å². The van der Waals surface area contributed by atoms with E-state index in [4.69, 9.17) is 10.8 Å². The molecule has 0 heterocycles. The molecule has 2 unspecified atom stereocenters. The number of rotatable bonds is 8. The number of amides is 1. The Bertz CT molecular complexity index is 434. The summed E-state index contributed by atoms with van der Waals surface area (Å²) in [4.78, 5) is 22.7. The number of nitrogens with one attached hydrogen (secondary N) is 1. The summed E-state index contributed by atoms with van der Waals surface area (Å²) in [6.07, 6.45) is 1.80. The third-order valence-corrected chi connectivity index (χ3v) is 3.10. The number of hydrogen-bond donors (Lipinski definition) is 3. The molecule has 2 atom stereocenters. The number of nitrogens with two attached hydrogens (primary N) is 1. The van der Waals surface area contributed by atoms with Gasteiger partial charge in [0.05, 0.1) is 12.1 Å². The van der Waals surface area contributed by atoms with Gasteiger partial charge in [0.15, 0.2) is 0 Å². The quantitative estimate of drug-likeness (QED) is 0.676. The lowest BCUT2D eigenvalue weighted by atomic mass is 10.0. The van der Waals surface area contributed by atoms with Crippen molar-refractivity contribution < 1.29 is 14.7 Å². The van der Waals surface area contributed by atoms with Crippen LogP contribution in [0.25, 0.3) is 0 Å². The van der Waals surface area contributed by atoms with E-state index in [1.165, 1.54) is 0 Å². The summed E-state index contributed by atoms with van der Waals surface area (Å²) in [7, 11) is 0. The Balaban J connectivity index is 2.72. The van der Waals surface area contributed by atoms with Crippen LogP contribution in [0.4, 0.5) is 0 Å². The SMILES string of the molecule is CCCC(N)C(=O)NC(CCC(=O)O)c1ccccc1. The molecular weight excluding hydrogens is 256 g/mol. The first-order valence-corrected chi connectivity index (χ1v) is 6.87. The monoisotopic (exact) mass is 278 g/mol. The van der Waals surface area contributed by atoms with Crippen molar-refractivity contribution in [2.24, 2.45) is 5.73 Å². The highest BCUT2D eigenvalue weighted by molar-refractivity contribution is 5.81. The highest BCUT2D eigenvalue weighted by atomic mass is 16.4. The van der Waals surface area contributed by atoms with Crippen LogP contribution in [0.15, 0.2) is 30.3 Å². The molecule has 4 N–H and O–H groups in total. The van der Waals surface area contributed by atoms with Crippen LogP contribution in [0, 0.1) is 0 Å². The van der Waals surface area contributed by atoms with Gasteiger partial charge in [0.2, 0.25) is 5.91 Å². The summed E-state index contributed by atoms with van der Waals surface area (Å²) in [6, 6.07) is 8.49. The predicted octanol–water partition coefficient (Wildman–Crippen LogP) is 1.84. The van der Waals surface area contributed by atoms with Gasteiger partial charge in [-0.15, -0.1) is 0 Å². The minimum absolute atomic E-state index is 0.00283. The Kier molecular flexibility index (Phi) is 6.73. The average Bonchev–Trinajstić information content (AvgIpc) is 2.44.